The minimum atomic E-state index is -2.38. The van der Waals surface area contributed by atoms with E-state index in [9.17, 15) is 8.78 Å². The summed E-state index contributed by atoms with van der Waals surface area (Å²) in [6.07, 6.45) is 0.194. The number of nitrogens with one attached hydrogen (secondary N) is 1. The van der Waals surface area contributed by atoms with E-state index in [1.54, 1.807) is 12.1 Å². The second kappa shape index (κ2) is 5.35. The van der Waals surface area contributed by atoms with E-state index in [4.69, 9.17) is 0 Å². The Morgan fingerprint density at radius 2 is 2.00 bits per heavy atom. The Morgan fingerprint density at radius 3 is 2.56 bits per heavy atom. The van der Waals surface area contributed by atoms with Crippen molar-refractivity contribution in [2.45, 2.75) is 39.7 Å². The maximum Gasteiger partial charge on any atom is 0.263 e. The first-order valence-corrected chi connectivity index (χ1v) is 6.61. The molecule has 100 valence electrons. The van der Waals surface area contributed by atoms with Gasteiger partial charge in [0, 0.05) is 18.7 Å². The highest BCUT2D eigenvalue weighted by molar-refractivity contribution is 5.24. The molecule has 0 unspecified atom stereocenters. The lowest BCUT2D eigenvalue weighted by molar-refractivity contribution is 0.151. The molecule has 1 fully saturated rings. The molecule has 0 heterocycles. The van der Waals surface area contributed by atoms with Gasteiger partial charge in [0.05, 0.1) is 0 Å². The van der Waals surface area contributed by atoms with Crippen LogP contribution in [0.25, 0.3) is 0 Å². The fourth-order valence-corrected chi connectivity index (χ4v) is 2.41. The zero-order chi connectivity index (χ0) is 13.2. The molecule has 0 aromatic heterocycles. The molecule has 2 rings (SSSR count). The van der Waals surface area contributed by atoms with Crippen molar-refractivity contribution in [2.75, 3.05) is 6.54 Å². The summed E-state index contributed by atoms with van der Waals surface area (Å²) in [5.74, 6) is 0.692. The molecule has 0 bridgehead atoms. The monoisotopic (exact) mass is 253 g/mol. The molecule has 18 heavy (non-hydrogen) atoms. The highest BCUT2D eigenvalue weighted by Crippen LogP contribution is 2.51. The van der Waals surface area contributed by atoms with Gasteiger partial charge in [-0.3, -0.25) is 0 Å². The molecule has 0 saturated heterocycles. The van der Waals surface area contributed by atoms with Crippen LogP contribution in [-0.2, 0) is 6.54 Å². The molecule has 0 radical (unpaired) electrons. The number of halogens is 2. The second-order valence-corrected chi connectivity index (χ2v) is 5.67. The van der Waals surface area contributed by atoms with E-state index in [0.717, 1.165) is 12.1 Å². The maximum atomic E-state index is 12.6. The van der Waals surface area contributed by atoms with Crippen molar-refractivity contribution in [1.29, 1.82) is 0 Å². The van der Waals surface area contributed by atoms with Crippen LogP contribution in [0.1, 0.15) is 44.2 Å². The van der Waals surface area contributed by atoms with Crippen molar-refractivity contribution in [3.63, 3.8) is 0 Å². The Morgan fingerprint density at radius 1 is 1.28 bits per heavy atom. The van der Waals surface area contributed by atoms with Gasteiger partial charge >= 0.3 is 0 Å². The van der Waals surface area contributed by atoms with Crippen LogP contribution in [0.15, 0.2) is 24.3 Å². The van der Waals surface area contributed by atoms with Gasteiger partial charge in [0.15, 0.2) is 0 Å². The van der Waals surface area contributed by atoms with Gasteiger partial charge in [0.2, 0.25) is 0 Å². The van der Waals surface area contributed by atoms with Gasteiger partial charge < -0.3 is 5.32 Å². The van der Waals surface area contributed by atoms with Gasteiger partial charge in [-0.05, 0) is 35.8 Å². The van der Waals surface area contributed by atoms with Crippen LogP contribution < -0.4 is 5.32 Å². The Kier molecular flexibility index (Phi) is 4.00. The van der Waals surface area contributed by atoms with Crippen LogP contribution in [0, 0.1) is 11.3 Å². The fraction of sp³-hybridized carbons (Fsp3) is 0.600. The molecule has 3 heteroatoms. The molecule has 1 saturated carbocycles. The van der Waals surface area contributed by atoms with Crippen molar-refractivity contribution in [3.05, 3.63) is 35.4 Å². The Labute approximate surface area is 108 Å². The number of hydrogen-bond donors (Lipinski definition) is 1. The molecular formula is C15H21F2N. The normalized spacial score (nSPS) is 17.4. The molecule has 1 N–H and O–H groups in total. The lowest BCUT2D eigenvalue weighted by Gasteiger charge is -2.20. The molecule has 1 aromatic rings. The summed E-state index contributed by atoms with van der Waals surface area (Å²) >= 11 is 0. The lowest BCUT2D eigenvalue weighted by Crippen LogP contribution is -2.27. The van der Waals surface area contributed by atoms with Gasteiger partial charge in [-0.1, -0.05) is 32.0 Å². The largest absolute Gasteiger partial charge is 0.312 e. The van der Waals surface area contributed by atoms with Crippen LogP contribution in [0.2, 0.25) is 0 Å². The number of benzene rings is 1. The molecule has 0 amide bonds. The van der Waals surface area contributed by atoms with Crippen molar-refractivity contribution >= 4 is 0 Å². The minimum Gasteiger partial charge on any atom is -0.312 e. The molecule has 0 spiro atoms. The van der Waals surface area contributed by atoms with Crippen molar-refractivity contribution < 1.29 is 8.78 Å². The van der Waals surface area contributed by atoms with Crippen molar-refractivity contribution in [2.24, 2.45) is 11.3 Å². The zero-order valence-corrected chi connectivity index (χ0v) is 11.0. The van der Waals surface area contributed by atoms with E-state index in [1.165, 1.54) is 18.9 Å². The van der Waals surface area contributed by atoms with Gasteiger partial charge in [0.1, 0.15) is 0 Å². The average Bonchev–Trinajstić information content (AvgIpc) is 3.10. The average molecular weight is 253 g/mol. The molecular weight excluding hydrogens is 232 g/mol. The van der Waals surface area contributed by atoms with Crippen LogP contribution in [0.3, 0.4) is 0 Å². The SMILES string of the molecule is CC(C)C1(CNCc2cccc(C(F)F)c2)CC1. The van der Waals surface area contributed by atoms with Crippen LogP contribution in [0.4, 0.5) is 8.78 Å². The number of alkyl halides is 2. The number of hydrogen-bond acceptors (Lipinski definition) is 1. The van der Waals surface area contributed by atoms with E-state index in [-0.39, 0.29) is 5.56 Å². The Balaban J connectivity index is 1.85. The van der Waals surface area contributed by atoms with Crippen LogP contribution in [-0.4, -0.2) is 6.54 Å². The second-order valence-electron chi connectivity index (χ2n) is 5.67. The molecule has 0 atom stereocenters. The third-order valence-corrected chi connectivity index (χ3v) is 4.13. The topological polar surface area (TPSA) is 12.0 Å². The first-order valence-electron chi connectivity index (χ1n) is 6.61. The van der Waals surface area contributed by atoms with E-state index in [0.29, 0.717) is 17.9 Å². The van der Waals surface area contributed by atoms with Gasteiger partial charge in [0.25, 0.3) is 6.43 Å². The molecule has 1 nitrogen and oxygen atoms in total. The lowest BCUT2D eigenvalue weighted by atomic mass is 9.92. The summed E-state index contributed by atoms with van der Waals surface area (Å²) in [6, 6.07) is 6.67. The summed E-state index contributed by atoms with van der Waals surface area (Å²) in [7, 11) is 0. The Hall–Kier alpha value is -0.960. The highest BCUT2D eigenvalue weighted by atomic mass is 19.3. The van der Waals surface area contributed by atoms with Gasteiger partial charge in [-0.15, -0.1) is 0 Å². The third kappa shape index (κ3) is 3.08. The predicted molar refractivity (Wildman–Crippen MR) is 69.6 cm³/mol. The Bertz CT molecular complexity index is 397. The van der Waals surface area contributed by atoms with Crippen LogP contribution >= 0.6 is 0 Å². The smallest absolute Gasteiger partial charge is 0.263 e. The van der Waals surface area contributed by atoms with E-state index >= 15 is 0 Å². The summed E-state index contributed by atoms with van der Waals surface area (Å²) in [5, 5.41) is 3.41. The highest BCUT2D eigenvalue weighted by Gasteiger charge is 2.44. The predicted octanol–water partition coefficient (Wildman–Crippen LogP) is 4.15. The molecule has 1 aromatic carbocycles. The standard InChI is InChI=1S/C15H21F2N/c1-11(2)15(6-7-15)10-18-9-12-4-3-5-13(8-12)14(16)17/h3-5,8,11,14,18H,6-7,9-10H2,1-2H3. The molecule has 1 aliphatic carbocycles. The van der Waals surface area contributed by atoms with Crippen molar-refractivity contribution in [1.82, 2.24) is 5.32 Å². The summed E-state index contributed by atoms with van der Waals surface area (Å²) in [6.45, 7) is 6.18. The van der Waals surface area contributed by atoms with E-state index < -0.39 is 6.43 Å². The zero-order valence-electron chi connectivity index (χ0n) is 11.0. The molecule has 0 aliphatic heterocycles. The number of rotatable bonds is 6. The summed E-state index contributed by atoms with van der Waals surface area (Å²) in [4.78, 5) is 0. The van der Waals surface area contributed by atoms with Crippen LogP contribution in [0.5, 0.6) is 0 Å². The quantitative estimate of drug-likeness (QED) is 0.803. The first-order chi connectivity index (χ1) is 8.53. The van der Waals surface area contributed by atoms with Crippen molar-refractivity contribution in [3.8, 4) is 0 Å². The van der Waals surface area contributed by atoms with Gasteiger partial charge in [-0.25, -0.2) is 8.78 Å². The van der Waals surface area contributed by atoms with Gasteiger partial charge in [-0.2, -0.15) is 0 Å². The van der Waals surface area contributed by atoms with E-state index in [2.05, 4.69) is 19.2 Å². The fourth-order valence-electron chi connectivity index (χ4n) is 2.41. The first kappa shape index (κ1) is 13.5. The van der Waals surface area contributed by atoms with E-state index in [1.807, 2.05) is 6.07 Å². The third-order valence-electron chi connectivity index (χ3n) is 4.13. The minimum absolute atomic E-state index is 0.110. The molecule has 1 aliphatic rings. The summed E-state index contributed by atoms with van der Waals surface area (Å²) in [5.41, 5.74) is 1.51. The maximum absolute atomic E-state index is 12.6. The summed E-state index contributed by atoms with van der Waals surface area (Å²) < 4.78 is 25.1.